The van der Waals surface area contributed by atoms with Crippen LogP contribution in [-0.2, 0) is 9.53 Å². The second-order valence-electron chi connectivity index (χ2n) is 2.88. The highest BCUT2D eigenvalue weighted by Crippen LogP contribution is 2.08. The number of carbonyl (C=O) groups excluding carboxylic acids is 1. The molecule has 0 aliphatic heterocycles. The molecule has 0 fully saturated rings. The summed E-state index contributed by atoms with van der Waals surface area (Å²) in [5.74, 6) is 0.299. The Balaban J connectivity index is 2.61. The molecule has 6 heteroatoms. The number of carbonyl (C=O) groups is 1. The van der Waals surface area contributed by atoms with Crippen molar-refractivity contribution in [3.8, 4) is 0 Å². The molecule has 1 aromatic heterocycles. The molecule has 0 aromatic carbocycles. The number of aromatic amines is 1. The Morgan fingerprint density at radius 3 is 3.00 bits per heavy atom. The molecular weight excluding hydrogens is 184 g/mol. The summed E-state index contributed by atoms with van der Waals surface area (Å²) in [6.45, 7) is 1.99. The van der Waals surface area contributed by atoms with Gasteiger partial charge in [0.1, 0.15) is 11.9 Å². The van der Waals surface area contributed by atoms with E-state index in [-0.39, 0.29) is 12.5 Å². The van der Waals surface area contributed by atoms with Crippen molar-refractivity contribution in [1.29, 1.82) is 0 Å². The Kier molecular flexibility index (Phi) is 3.61. The Morgan fingerprint density at radius 2 is 2.57 bits per heavy atom. The molecule has 6 nitrogen and oxygen atoms in total. The van der Waals surface area contributed by atoms with Gasteiger partial charge in [-0.3, -0.25) is 9.89 Å². The molecule has 1 heterocycles. The summed E-state index contributed by atoms with van der Waals surface area (Å²) < 4.78 is 4.88. The molecule has 0 bridgehead atoms. The maximum Gasteiger partial charge on any atom is 0.255 e. The number of nitrogens with two attached hydrogens (primary N) is 1. The summed E-state index contributed by atoms with van der Waals surface area (Å²) in [7, 11) is 1.44. The minimum atomic E-state index is -0.627. The highest BCUT2D eigenvalue weighted by atomic mass is 16.5. The van der Waals surface area contributed by atoms with Crippen LogP contribution in [0.25, 0.3) is 0 Å². The number of amides is 1. The zero-order valence-electron chi connectivity index (χ0n) is 8.20. The fourth-order valence-electron chi connectivity index (χ4n) is 0.987. The van der Waals surface area contributed by atoms with Crippen LogP contribution in [0, 0.1) is 6.92 Å². The molecule has 0 saturated heterocycles. The second kappa shape index (κ2) is 4.73. The normalized spacial score (nSPS) is 12.5. The Morgan fingerprint density at radius 1 is 1.86 bits per heavy atom. The number of methoxy groups -OCH3 is 1. The van der Waals surface area contributed by atoms with Gasteiger partial charge < -0.3 is 15.8 Å². The number of hydrogen-bond donors (Lipinski definition) is 3. The van der Waals surface area contributed by atoms with E-state index < -0.39 is 6.10 Å². The lowest BCUT2D eigenvalue weighted by Crippen LogP contribution is -2.36. The minimum Gasteiger partial charge on any atom is -0.370 e. The van der Waals surface area contributed by atoms with E-state index in [1.807, 2.05) is 6.92 Å². The van der Waals surface area contributed by atoms with Gasteiger partial charge in [0.25, 0.3) is 5.91 Å². The number of anilines is 1. The highest BCUT2D eigenvalue weighted by Gasteiger charge is 2.16. The molecule has 78 valence electrons. The SMILES string of the molecule is COC(CN)C(=O)Nc1[nH]ncc1C. The zero-order valence-corrected chi connectivity index (χ0v) is 8.20. The third-order valence-corrected chi connectivity index (χ3v) is 1.87. The molecular formula is C8H14N4O2. The van der Waals surface area contributed by atoms with Gasteiger partial charge in [0.2, 0.25) is 0 Å². The summed E-state index contributed by atoms with van der Waals surface area (Å²) in [5.41, 5.74) is 6.21. The number of rotatable bonds is 4. The zero-order chi connectivity index (χ0) is 10.6. The number of aromatic nitrogens is 2. The molecule has 0 radical (unpaired) electrons. The third-order valence-electron chi connectivity index (χ3n) is 1.87. The van der Waals surface area contributed by atoms with E-state index in [2.05, 4.69) is 15.5 Å². The van der Waals surface area contributed by atoms with Crippen molar-refractivity contribution in [3.05, 3.63) is 11.8 Å². The highest BCUT2D eigenvalue weighted by molar-refractivity contribution is 5.94. The van der Waals surface area contributed by atoms with Crippen LogP contribution in [0.3, 0.4) is 0 Å². The molecule has 4 N–H and O–H groups in total. The molecule has 0 saturated carbocycles. The Bertz CT molecular complexity index is 306. The Labute approximate surface area is 81.8 Å². The molecule has 1 atom stereocenters. The predicted octanol–water partition coefficient (Wildman–Crippen LogP) is -0.370. The molecule has 14 heavy (non-hydrogen) atoms. The molecule has 1 aromatic rings. The van der Waals surface area contributed by atoms with Gasteiger partial charge in [0, 0.05) is 19.2 Å². The van der Waals surface area contributed by atoms with E-state index in [0.717, 1.165) is 5.56 Å². The fraction of sp³-hybridized carbons (Fsp3) is 0.500. The molecule has 1 amide bonds. The van der Waals surface area contributed by atoms with Crippen molar-refractivity contribution in [2.45, 2.75) is 13.0 Å². The topological polar surface area (TPSA) is 93.0 Å². The van der Waals surface area contributed by atoms with Crippen LogP contribution in [0.1, 0.15) is 5.56 Å². The van der Waals surface area contributed by atoms with Gasteiger partial charge in [-0.2, -0.15) is 5.10 Å². The van der Waals surface area contributed by atoms with Crippen LogP contribution >= 0.6 is 0 Å². The van der Waals surface area contributed by atoms with E-state index in [9.17, 15) is 4.79 Å². The van der Waals surface area contributed by atoms with Crippen molar-refractivity contribution in [3.63, 3.8) is 0 Å². The van der Waals surface area contributed by atoms with Crippen molar-refractivity contribution >= 4 is 11.7 Å². The van der Waals surface area contributed by atoms with Crippen molar-refractivity contribution < 1.29 is 9.53 Å². The summed E-state index contributed by atoms with van der Waals surface area (Å²) in [4.78, 5) is 11.5. The van der Waals surface area contributed by atoms with Crippen LogP contribution in [0.4, 0.5) is 5.82 Å². The van der Waals surface area contributed by atoms with Crippen LogP contribution in [0.2, 0.25) is 0 Å². The number of nitrogens with one attached hydrogen (secondary N) is 2. The van der Waals surface area contributed by atoms with Crippen molar-refractivity contribution in [1.82, 2.24) is 10.2 Å². The van der Waals surface area contributed by atoms with E-state index in [1.165, 1.54) is 7.11 Å². The maximum absolute atomic E-state index is 11.5. The minimum absolute atomic E-state index is 0.148. The Hall–Kier alpha value is -1.40. The van der Waals surface area contributed by atoms with Crippen LogP contribution in [-0.4, -0.2) is 35.9 Å². The maximum atomic E-state index is 11.5. The lowest BCUT2D eigenvalue weighted by atomic mass is 10.3. The van der Waals surface area contributed by atoms with Gasteiger partial charge in [-0.25, -0.2) is 0 Å². The third kappa shape index (κ3) is 2.30. The number of aryl methyl sites for hydroxylation is 1. The molecule has 0 aliphatic rings. The van der Waals surface area contributed by atoms with Crippen LogP contribution in [0.15, 0.2) is 6.20 Å². The van der Waals surface area contributed by atoms with Crippen LogP contribution < -0.4 is 11.1 Å². The van der Waals surface area contributed by atoms with E-state index >= 15 is 0 Å². The van der Waals surface area contributed by atoms with Crippen molar-refractivity contribution in [2.24, 2.45) is 5.73 Å². The van der Waals surface area contributed by atoms with Crippen molar-refractivity contribution in [2.75, 3.05) is 19.0 Å². The molecule has 1 rings (SSSR count). The average molecular weight is 198 g/mol. The standard InChI is InChI=1S/C8H14N4O2/c1-5-4-10-12-7(5)11-8(13)6(3-9)14-2/h4,6H,3,9H2,1-2H3,(H2,10,11,12,13). The molecule has 1 unspecified atom stereocenters. The lowest BCUT2D eigenvalue weighted by Gasteiger charge is -2.12. The summed E-state index contributed by atoms with van der Waals surface area (Å²) in [6.07, 6.45) is 0.998. The quantitative estimate of drug-likeness (QED) is 0.615. The first kappa shape index (κ1) is 10.7. The van der Waals surface area contributed by atoms with Gasteiger partial charge in [-0.15, -0.1) is 0 Å². The first-order valence-corrected chi connectivity index (χ1v) is 4.22. The first-order valence-electron chi connectivity index (χ1n) is 4.22. The van der Waals surface area contributed by atoms with Gasteiger partial charge in [-0.1, -0.05) is 0 Å². The van der Waals surface area contributed by atoms with E-state index in [1.54, 1.807) is 6.20 Å². The van der Waals surface area contributed by atoms with Gasteiger partial charge in [-0.05, 0) is 6.92 Å². The average Bonchev–Trinajstić information content (AvgIpc) is 2.54. The second-order valence-corrected chi connectivity index (χ2v) is 2.88. The monoisotopic (exact) mass is 198 g/mol. The van der Waals surface area contributed by atoms with Crippen LogP contribution in [0.5, 0.6) is 0 Å². The van der Waals surface area contributed by atoms with E-state index in [4.69, 9.17) is 10.5 Å². The molecule has 0 spiro atoms. The van der Waals surface area contributed by atoms with Gasteiger partial charge in [0.05, 0.1) is 6.20 Å². The predicted molar refractivity (Wildman–Crippen MR) is 51.8 cm³/mol. The summed E-state index contributed by atoms with van der Waals surface area (Å²) >= 11 is 0. The summed E-state index contributed by atoms with van der Waals surface area (Å²) in [6, 6.07) is 0. The largest absolute Gasteiger partial charge is 0.370 e. The van der Waals surface area contributed by atoms with E-state index in [0.29, 0.717) is 5.82 Å². The number of H-pyrrole nitrogens is 1. The van der Waals surface area contributed by atoms with Gasteiger partial charge in [0.15, 0.2) is 0 Å². The van der Waals surface area contributed by atoms with Gasteiger partial charge >= 0.3 is 0 Å². The number of ether oxygens (including phenoxy) is 1. The number of nitrogens with zero attached hydrogens (tertiary/aromatic N) is 1. The smallest absolute Gasteiger partial charge is 0.255 e. The molecule has 0 aliphatic carbocycles. The number of hydrogen-bond acceptors (Lipinski definition) is 4. The summed E-state index contributed by atoms with van der Waals surface area (Å²) in [5, 5.41) is 9.07. The fourth-order valence-corrected chi connectivity index (χ4v) is 0.987. The first-order chi connectivity index (χ1) is 6.69. The lowest BCUT2D eigenvalue weighted by molar-refractivity contribution is -0.125.